The molecule has 0 heterocycles. The van der Waals surface area contributed by atoms with Gasteiger partial charge in [0.1, 0.15) is 11.3 Å². The first kappa shape index (κ1) is 17.0. The van der Waals surface area contributed by atoms with E-state index in [9.17, 15) is 9.59 Å². The van der Waals surface area contributed by atoms with Crippen molar-refractivity contribution in [2.24, 2.45) is 0 Å². The minimum Gasteiger partial charge on any atom is -0.494 e. The van der Waals surface area contributed by atoms with E-state index >= 15 is 0 Å². The third-order valence-corrected chi connectivity index (χ3v) is 3.60. The molecule has 0 radical (unpaired) electrons. The van der Waals surface area contributed by atoms with Gasteiger partial charge >= 0.3 is 5.97 Å². The summed E-state index contributed by atoms with van der Waals surface area (Å²) in [6, 6.07) is 7.57. The number of carboxylic acids is 1. The van der Waals surface area contributed by atoms with Crippen LogP contribution in [0.2, 0.25) is 0 Å². The van der Waals surface area contributed by atoms with Crippen LogP contribution < -0.4 is 4.74 Å². The molecule has 1 amide bonds. The Morgan fingerprint density at radius 1 is 1.24 bits per heavy atom. The zero-order chi connectivity index (χ0) is 16.0. The van der Waals surface area contributed by atoms with Crippen LogP contribution >= 0.6 is 0 Å². The molecular formula is C16H23NO4. The van der Waals surface area contributed by atoms with Crippen LogP contribution in [0.4, 0.5) is 0 Å². The van der Waals surface area contributed by atoms with E-state index in [0.717, 1.165) is 11.3 Å². The average molecular weight is 293 g/mol. The summed E-state index contributed by atoms with van der Waals surface area (Å²) in [6.07, 6.45) is 0.854. The van der Waals surface area contributed by atoms with Crippen LogP contribution in [0, 0.1) is 0 Å². The van der Waals surface area contributed by atoms with Crippen LogP contribution in [0.15, 0.2) is 24.3 Å². The highest BCUT2D eigenvalue weighted by Gasteiger charge is 2.34. The lowest BCUT2D eigenvalue weighted by molar-refractivity contribution is -0.155. The molecular weight excluding hydrogens is 270 g/mol. The fourth-order valence-electron chi connectivity index (χ4n) is 1.79. The second-order valence-corrected chi connectivity index (χ2v) is 5.39. The van der Waals surface area contributed by atoms with E-state index in [1.165, 1.54) is 25.8 Å². The first-order chi connectivity index (χ1) is 9.78. The molecule has 1 rings (SSSR count). The highest BCUT2D eigenvalue weighted by molar-refractivity contribution is 5.86. The Morgan fingerprint density at radius 2 is 1.81 bits per heavy atom. The van der Waals surface area contributed by atoms with E-state index < -0.39 is 11.5 Å². The van der Waals surface area contributed by atoms with E-state index in [4.69, 9.17) is 9.84 Å². The molecule has 1 N–H and O–H groups in total. The second kappa shape index (κ2) is 7.11. The number of rotatable bonds is 7. The maximum atomic E-state index is 12.1. The first-order valence-electron chi connectivity index (χ1n) is 7.00. The number of hydrogen-bond donors (Lipinski definition) is 1. The van der Waals surface area contributed by atoms with Crippen LogP contribution in [-0.2, 0) is 16.0 Å². The topological polar surface area (TPSA) is 66.8 Å². The van der Waals surface area contributed by atoms with Crippen molar-refractivity contribution < 1.29 is 19.4 Å². The van der Waals surface area contributed by atoms with Crippen molar-refractivity contribution in [3.63, 3.8) is 0 Å². The normalized spacial score (nSPS) is 11.0. The molecule has 0 fully saturated rings. The highest BCUT2D eigenvalue weighted by atomic mass is 16.5. The summed E-state index contributed by atoms with van der Waals surface area (Å²) in [5, 5.41) is 9.12. The predicted octanol–water partition coefficient (Wildman–Crippen LogP) is 2.34. The van der Waals surface area contributed by atoms with Gasteiger partial charge < -0.3 is 14.7 Å². The third kappa shape index (κ3) is 4.48. The summed E-state index contributed by atoms with van der Waals surface area (Å²) >= 11 is 0. The van der Waals surface area contributed by atoms with Crippen molar-refractivity contribution >= 4 is 11.9 Å². The molecule has 0 unspecified atom stereocenters. The van der Waals surface area contributed by atoms with Crippen molar-refractivity contribution in [1.82, 2.24) is 4.90 Å². The van der Waals surface area contributed by atoms with Crippen molar-refractivity contribution in [3.8, 4) is 5.75 Å². The molecule has 116 valence electrons. The van der Waals surface area contributed by atoms with E-state index in [2.05, 4.69) is 0 Å². The third-order valence-electron chi connectivity index (χ3n) is 3.60. The number of carbonyl (C=O) groups is 2. The molecule has 1 aromatic rings. The van der Waals surface area contributed by atoms with Crippen LogP contribution in [-0.4, -0.2) is 41.1 Å². The lowest BCUT2D eigenvalue weighted by Gasteiger charge is -2.31. The summed E-state index contributed by atoms with van der Waals surface area (Å²) in [6.45, 7) is 5.58. The quantitative estimate of drug-likeness (QED) is 0.838. The highest BCUT2D eigenvalue weighted by Crippen LogP contribution is 2.16. The molecule has 21 heavy (non-hydrogen) atoms. The van der Waals surface area contributed by atoms with Gasteiger partial charge in [0.15, 0.2) is 0 Å². The van der Waals surface area contributed by atoms with Crippen molar-refractivity contribution in [3.05, 3.63) is 29.8 Å². The standard InChI is InChI=1S/C16H23NO4/c1-5-21-13-9-6-12(7-10-13)8-11-14(18)17(4)16(2,3)15(19)20/h6-7,9-10H,5,8,11H2,1-4H3,(H,19,20). The number of likely N-dealkylation sites (N-methyl/N-ethyl adjacent to an activating group) is 1. The lowest BCUT2D eigenvalue weighted by Crippen LogP contribution is -2.50. The molecule has 0 atom stereocenters. The molecule has 0 saturated heterocycles. The van der Waals surface area contributed by atoms with E-state index in [0.29, 0.717) is 13.0 Å². The number of nitrogens with zero attached hydrogens (tertiary/aromatic N) is 1. The number of hydrogen-bond acceptors (Lipinski definition) is 3. The van der Waals surface area contributed by atoms with Gasteiger partial charge in [0.05, 0.1) is 6.61 Å². The fourth-order valence-corrected chi connectivity index (χ4v) is 1.79. The monoisotopic (exact) mass is 293 g/mol. The zero-order valence-corrected chi connectivity index (χ0v) is 13.0. The molecule has 0 saturated carbocycles. The van der Waals surface area contributed by atoms with Crippen molar-refractivity contribution in [1.29, 1.82) is 0 Å². The minimum absolute atomic E-state index is 0.184. The Kier molecular flexibility index (Phi) is 5.76. The first-order valence-corrected chi connectivity index (χ1v) is 7.00. The Bertz CT molecular complexity index is 494. The Morgan fingerprint density at radius 3 is 2.29 bits per heavy atom. The van der Waals surface area contributed by atoms with Crippen molar-refractivity contribution in [2.45, 2.75) is 39.2 Å². The summed E-state index contributed by atoms with van der Waals surface area (Å²) in [7, 11) is 1.52. The number of ether oxygens (including phenoxy) is 1. The second-order valence-electron chi connectivity index (χ2n) is 5.39. The largest absolute Gasteiger partial charge is 0.494 e. The SMILES string of the molecule is CCOc1ccc(CCC(=O)N(C)C(C)(C)C(=O)O)cc1. The molecule has 0 aliphatic carbocycles. The number of aliphatic carboxylic acids is 1. The summed E-state index contributed by atoms with van der Waals surface area (Å²) < 4.78 is 5.36. The van der Waals surface area contributed by atoms with Crippen LogP contribution in [0.25, 0.3) is 0 Å². The van der Waals surface area contributed by atoms with E-state index in [1.54, 1.807) is 0 Å². The lowest BCUT2D eigenvalue weighted by atomic mass is 10.0. The van der Waals surface area contributed by atoms with Gasteiger partial charge in [0, 0.05) is 13.5 Å². The summed E-state index contributed by atoms with van der Waals surface area (Å²) in [5.41, 5.74) is -0.177. The molecule has 0 bridgehead atoms. The van der Waals surface area contributed by atoms with Gasteiger partial charge in [-0.25, -0.2) is 4.79 Å². The van der Waals surface area contributed by atoms with Gasteiger partial charge in [-0.1, -0.05) is 12.1 Å². The molecule has 0 aromatic heterocycles. The zero-order valence-electron chi connectivity index (χ0n) is 13.0. The van der Waals surface area contributed by atoms with Gasteiger partial charge in [-0.15, -0.1) is 0 Å². The van der Waals surface area contributed by atoms with E-state index in [-0.39, 0.29) is 12.3 Å². The van der Waals surface area contributed by atoms with Crippen LogP contribution in [0.3, 0.4) is 0 Å². The molecule has 0 aliphatic heterocycles. The van der Waals surface area contributed by atoms with Gasteiger partial charge in [-0.3, -0.25) is 4.79 Å². The molecule has 0 spiro atoms. The number of carboxylic acid groups (broad SMARTS) is 1. The number of benzene rings is 1. The molecule has 5 nitrogen and oxygen atoms in total. The Balaban J connectivity index is 2.58. The smallest absolute Gasteiger partial charge is 0.329 e. The maximum Gasteiger partial charge on any atom is 0.329 e. The number of carbonyl (C=O) groups excluding carboxylic acids is 1. The Labute approximate surface area is 125 Å². The maximum absolute atomic E-state index is 12.1. The van der Waals surface area contributed by atoms with Gasteiger partial charge in [-0.05, 0) is 44.9 Å². The summed E-state index contributed by atoms with van der Waals surface area (Å²) in [5.74, 6) is -0.396. The van der Waals surface area contributed by atoms with Gasteiger partial charge in [0.2, 0.25) is 5.91 Å². The van der Waals surface area contributed by atoms with Crippen LogP contribution in [0.5, 0.6) is 5.75 Å². The minimum atomic E-state index is -1.20. The van der Waals surface area contributed by atoms with Gasteiger partial charge in [0.25, 0.3) is 0 Å². The number of amides is 1. The summed E-state index contributed by atoms with van der Waals surface area (Å²) in [4.78, 5) is 24.5. The van der Waals surface area contributed by atoms with Gasteiger partial charge in [-0.2, -0.15) is 0 Å². The Hall–Kier alpha value is -2.04. The average Bonchev–Trinajstić information content (AvgIpc) is 2.45. The molecule has 0 aliphatic rings. The molecule has 1 aromatic carbocycles. The molecule has 5 heteroatoms. The van der Waals surface area contributed by atoms with E-state index in [1.807, 2.05) is 31.2 Å². The fraction of sp³-hybridized carbons (Fsp3) is 0.500. The van der Waals surface area contributed by atoms with Crippen LogP contribution in [0.1, 0.15) is 32.8 Å². The van der Waals surface area contributed by atoms with Crippen molar-refractivity contribution in [2.75, 3.05) is 13.7 Å². The number of aryl methyl sites for hydroxylation is 1. The predicted molar refractivity (Wildman–Crippen MR) is 80.4 cm³/mol.